The molecule has 0 amide bonds. The molecule has 0 aliphatic carbocycles. The van der Waals surface area contributed by atoms with Gasteiger partial charge in [0.05, 0.1) is 12.0 Å². The first kappa shape index (κ1) is 16.0. The van der Waals surface area contributed by atoms with Crippen molar-refractivity contribution in [3.63, 3.8) is 0 Å². The van der Waals surface area contributed by atoms with E-state index in [4.69, 9.17) is 4.74 Å². The van der Waals surface area contributed by atoms with Crippen LogP contribution in [0.1, 0.15) is 24.8 Å². The number of aliphatic hydroxyl groups is 1. The summed E-state index contributed by atoms with van der Waals surface area (Å²) < 4.78 is 5.18. The maximum atomic E-state index is 11.7. The quantitative estimate of drug-likeness (QED) is 0.826. The molecule has 0 atom stereocenters. The van der Waals surface area contributed by atoms with E-state index < -0.39 is 5.60 Å². The van der Waals surface area contributed by atoms with Gasteiger partial charge in [-0.05, 0) is 31.5 Å². The Hall–Kier alpha value is -1.10. The summed E-state index contributed by atoms with van der Waals surface area (Å²) in [6.45, 7) is 1.78. The molecule has 0 spiro atoms. The van der Waals surface area contributed by atoms with Crippen molar-refractivity contribution in [3.05, 3.63) is 35.9 Å². The number of carbonyl (C=O) groups is 1. The van der Waals surface area contributed by atoms with E-state index in [9.17, 15) is 9.90 Å². The second kappa shape index (κ2) is 7.48. The molecule has 2 rings (SSSR count). The van der Waals surface area contributed by atoms with Gasteiger partial charge in [0.2, 0.25) is 0 Å². The number of carbonyl (C=O) groups excluding carboxylic acids is 1. The molecule has 1 aliphatic rings. The van der Waals surface area contributed by atoms with Gasteiger partial charge in [-0.2, -0.15) is 0 Å². The topological polar surface area (TPSA) is 58.6 Å². The van der Waals surface area contributed by atoms with Crippen molar-refractivity contribution in [1.82, 2.24) is 5.32 Å². The average Bonchev–Trinajstić information content (AvgIpc) is 2.38. The summed E-state index contributed by atoms with van der Waals surface area (Å²) >= 11 is 0. The van der Waals surface area contributed by atoms with Crippen LogP contribution in [-0.4, -0.2) is 29.8 Å². The van der Waals surface area contributed by atoms with E-state index in [2.05, 4.69) is 5.32 Å². The summed E-state index contributed by atoms with van der Waals surface area (Å²) in [7, 11) is 0. The van der Waals surface area contributed by atoms with Gasteiger partial charge in [-0.15, -0.1) is 12.4 Å². The van der Waals surface area contributed by atoms with E-state index in [-0.39, 0.29) is 31.4 Å². The third-order valence-corrected chi connectivity index (χ3v) is 3.25. The number of hydrogen-bond acceptors (Lipinski definition) is 4. The van der Waals surface area contributed by atoms with Crippen LogP contribution in [0.2, 0.25) is 0 Å². The summed E-state index contributed by atoms with van der Waals surface area (Å²) in [5, 5.41) is 13.4. The Morgan fingerprint density at radius 3 is 2.53 bits per heavy atom. The standard InChI is InChI=1S/C14H19NO3.ClH/c16-13(10-14(17)6-8-15-9-7-14)18-11-12-4-2-1-3-5-12;/h1-5,15,17H,6-11H2;1H. The predicted octanol–water partition coefficient (Wildman–Crippen LogP) is 1.66. The number of hydrogen-bond donors (Lipinski definition) is 2. The first-order valence-electron chi connectivity index (χ1n) is 6.31. The van der Waals surface area contributed by atoms with Crippen LogP contribution in [0.4, 0.5) is 0 Å². The molecule has 0 aromatic heterocycles. The minimum Gasteiger partial charge on any atom is -0.461 e. The van der Waals surface area contributed by atoms with Crippen molar-refractivity contribution in [2.24, 2.45) is 0 Å². The van der Waals surface area contributed by atoms with E-state index in [1.807, 2.05) is 30.3 Å². The van der Waals surface area contributed by atoms with Crippen LogP contribution in [0.15, 0.2) is 30.3 Å². The van der Waals surface area contributed by atoms with Crippen molar-refractivity contribution in [2.45, 2.75) is 31.5 Å². The monoisotopic (exact) mass is 285 g/mol. The second-order valence-corrected chi connectivity index (χ2v) is 4.80. The summed E-state index contributed by atoms with van der Waals surface area (Å²) in [6, 6.07) is 9.55. The molecular weight excluding hydrogens is 266 g/mol. The fourth-order valence-corrected chi connectivity index (χ4v) is 2.13. The van der Waals surface area contributed by atoms with E-state index in [1.54, 1.807) is 0 Å². The lowest BCUT2D eigenvalue weighted by molar-refractivity contribution is -0.151. The highest BCUT2D eigenvalue weighted by molar-refractivity contribution is 5.85. The molecule has 0 radical (unpaired) electrons. The maximum Gasteiger partial charge on any atom is 0.309 e. The molecule has 1 fully saturated rings. The van der Waals surface area contributed by atoms with Crippen molar-refractivity contribution < 1.29 is 14.6 Å². The van der Waals surface area contributed by atoms with Crippen LogP contribution < -0.4 is 5.32 Å². The summed E-state index contributed by atoms with van der Waals surface area (Å²) in [5.41, 5.74) is 0.0714. The van der Waals surface area contributed by atoms with E-state index >= 15 is 0 Å². The smallest absolute Gasteiger partial charge is 0.309 e. The third-order valence-electron chi connectivity index (χ3n) is 3.25. The number of esters is 1. The van der Waals surface area contributed by atoms with Gasteiger partial charge < -0.3 is 15.2 Å². The molecular formula is C14H20ClNO3. The molecule has 1 aliphatic heterocycles. The van der Waals surface area contributed by atoms with Crippen molar-refractivity contribution in [3.8, 4) is 0 Å². The molecule has 1 aromatic rings. The van der Waals surface area contributed by atoms with Crippen LogP contribution in [0.25, 0.3) is 0 Å². The van der Waals surface area contributed by atoms with Gasteiger partial charge in [0.1, 0.15) is 6.61 Å². The number of rotatable bonds is 4. The molecule has 0 bridgehead atoms. The number of halogens is 1. The molecule has 106 valence electrons. The zero-order valence-electron chi connectivity index (χ0n) is 10.8. The summed E-state index contributed by atoms with van der Waals surface area (Å²) in [4.78, 5) is 11.7. The minimum absolute atomic E-state index is 0. The Labute approximate surface area is 119 Å². The molecule has 1 aromatic carbocycles. The van der Waals surface area contributed by atoms with Gasteiger partial charge in [0, 0.05) is 0 Å². The average molecular weight is 286 g/mol. The molecule has 0 unspecified atom stereocenters. The number of benzene rings is 1. The number of piperidine rings is 1. The highest BCUT2D eigenvalue weighted by atomic mass is 35.5. The normalized spacial score (nSPS) is 17.3. The Bertz CT molecular complexity index is 391. The van der Waals surface area contributed by atoms with Crippen LogP contribution in [0.3, 0.4) is 0 Å². The van der Waals surface area contributed by atoms with E-state index in [1.165, 1.54) is 0 Å². The van der Waals surface area contributed by atoms with Crippen LogP contribution >= 0.6 is 12.4 Å². The molecule has 1 heterocycles. The molecule has 0 saturated carbocycles. The van der Waals surface area contributed by atoms with Gasteiger partial charge in [-0.3, -0.25) is 4.79 Å². The zero-order valence-corrected chi connectivity index (χ0v) is 11.6. The second-order valence-electron chi connectivity index (χ2n) is 4.80. The lowest BCUT2D eigenvalue weighted by atomic mass is 9.89. The predicted molar refractivity (Wildman–Crippen MR) is 75.2 cm³/mol. The summed E-state index contributed by atoms with van der Waals surface area (Å²) in [5.74, 6) is -0.330. The fraction of sp³-hybridized carbons (Fsp3) is 0.500. The molecule has 2 N–H and O–H groups in total. The molecule has 1 saturated heterocycles. The number of nitrogens with one attached hydrogen (secondary N) is 1. The Balaban J connectivity index is 0.00000180. The van der Waals surface area contributed by atoms with Crippen LogP contribution in [0.5, 0.6) is 0 Å². The van der Waals surface area contributed by atoms with Crippen LogP contribution in [0, 0.1) is 0 Å². The molecule has 4 nitrogen and oxygen atoms in total. The number of ether oxygens (including phenoxy) is 1. The Morgan fingerprint density at radius 2 is 1.89 bits per heavy atom. The highest BCUT2D eigenvalue weighted by Crippen LogP contribution is 2.22. The third kappa shape index (κ3) is 5.19. The van der Waals surface area contributed by atoms with Gasteiger partial charge in [-0.25, -0.2) is 0 Å². The lowest BCUT2D eigenvalue weighted by Crippen LogP contribution is -2.43. The maximum absolute atomic E-state index is 11.7. The first-order valence-corrected chi connectivity index (χ1v) is 6.31. The molecule has 19 heavy (non-hydrogen) atoms. The van der Waals surface area contributed by atoms with Crippen molar-refractivity contribution >= 4 is 18.4 Å². The van der Waals surface area contributed by atoms with Gasteiger partial charge in [0.25, 0.3) is 0 Å². The highest BCUT2D eigenvalue weighted by Gasteiger charge is 2.32. The van der Waals surface area contributed by atoms with Crippen molar-refractivity contribution in [1.29, 1.82) is 0 Å². The fourth-order valence-electron chi connectivity index (χ4n) is 2.13. The Morgan fingerprint density at radius 1 is 1.26 bits per heavy atom. The minimum atomic E-state index is -0.890. The largest absolute Gasteiger partial charge is 0.461 e. The molecule has 5 heteroatoms. The van der Waals surface area contributed by atoms with Crippen molar-refractivity contribution in [2.75, 3.05) is 13.1 Å². The summed E-state index contributed by atoms with van der Waals surface area (Å²) in [6.07, 6.45) is 1.29. The SMILES string of the molecule is Cl.O=C(CC1(O)CCNCC1)OCc1ccccc1. The van der Waals surface area contributed by atoms with E-state index in [0.29, 0.717) is 12.8 Å². The van der Waals surface area contributed by atoms with Gasteiger partial charge in [-0.1, -0.05) is 30.3 Å². The zero-order chi connectivity index (χ0) is 12.8. The Kier molecular flexibility index (Phi) is 6.28. The van der Waals surface area contributed by atoms with E-state index in [0.717, 1.165) is 18.7 Å². The van der Waals surface area contributed by atoms with Gasteiger partial charge >= 0.3 is 5.97 Å². The first-order chi connectivity index (χ1) is 8.68. The lowest BCUT2D eigenvalue weighted by Gasteiger charge is -2.31. The van der Waals surface area contributed by atoms with Gasteiger partial charge in [0.15, 0.2) is 0 Å². The van der Waals surface area contributed by atoms with Crippen LogP contribution in [-0.2, 0) is 16.1 Å².